The Morgan fingerprint density at radius 2 is 2.03 bits per heavy atom. The Morgan fingerprint density at radius 1 is 1.21 bits per heavy atom. The van der Waals surface area contributed by atoms with Crippen LogP contribution in [-0.2, 0) is 6.18 Å². The molecule has 4 heterocycles. The van der Waals surface area contributed by atoms with E-state index in [0.29, 0.717) is 41.9 Å². The number of hydrogen-bond acceptors (Lipinski definition) is 6. The van der Waals surface area contributed by atoms with E-state index in [9.17, 15) is 23.1 Å². The van der Waals surface area contributed by atoms with Crippen molar-refractivity contribution in [2.75, 3.05) is 25.1 Å². The van der Waals surface area contributed by atoms with E-state index in [1.807, 2.05) is 0 Å². The highest BCUT2D eigenvalue weighted by Crippen LogP contribution is 2.37. The molecule has 1 aromatic carbocycles. The number of hydrogen-bond donors (Lipinski definition) is 2. The summed E-state index contributed by atoms with van der Waals surface area (Å²) in [5.74, 6) is 0.436. The molecule has 11 heteroatoms. The third kappa shape index (κ3) is 3.77. The summed E-state index contributed by atoms with van der Waals surface area (Å²) in [7, 11) is 1.47. The van der Waals surface area contributed by atoms with Crippen molar-refractivity contribution in [2.24, 2.45) is 0 Å². The van der Waals surface area contributed by atoms with Crippen LogP contribution in [0.25, 0.3) is 27.8 Å². The Bertz CT molecular complexity index is 1430. The first-order valence-electron chi connectivity index (χ1n) is 10.5. The van der Waals surface area contributed by atoms with Crippen LogP contribution in [0.5, 0.6) is 5.75 Å². The van der Waals surface area contributed by atoms with Gasteiger partial charge in [-0.2, -0.15) is 23.0 Å². The maximum absolute atomic E-state index is 14.0. The van der Waals surface area contributed by atoms with E-state index in [2.05, 4.69) is 15.1 Å². The van der Waals surface area contributed by atoms with Crippen LogP contribution in [0.2, 0.25) is 0 Å². The van der Waals surface area contributed by atoms with Crippen LogP contribution < -0.4 is 15.2 Å². The Hall–Kier alpha value is -3.86. The van der Waals surface area contributed by atoms with Gasteiger partial charge < -0.3 is 19.7 Å². The monoisotopic (exact) mass is 471 g/mol. The SMILES string of the molecule is COc1cncc(-c2nn(-c3cc(N4CC[C@H](O)C4)ccc3C(F)(F)F)c(=O)c3[nH]ccc23)c1. The zero-order valence-corrected chi connectivity index (χ0v) is 18.0. The van der Waals surface area contributed by atoms with Crippen molar-refractivity contribution in [3.8, 4) is 22.7 Å². The topological polar surface area (TPSA) is 96.3 Å². The van der Waals surface area contributed by atoms with Crippen molar-refractivity contribution in [3.05, 3.63) is 64.8 Å². The highest BCUT2D eigenvalue weighted by Gasteiger charge is 2.36. The fourth-order valence-corrected chi connectivity index (χ4v) is 4.19. The number of alkyl halides is 3. The molecule has 0 amide bonds. The Morgan fingerprint density at radius 3 is 2.74 bits per heavy atom. The van der Waals surface area contributed by atoms with Gasteiger partial charge in [-0.15, -0.1) is 0 Å². The number of methoxy groups -OCH3 is 1. The molecule has 4 aromatic rings. The van der Waals surface area contributed by atoms with Crippen LogP contribution in [0.3, 0.4) is 0 Å². The third-order valence-electron chi connectivity index (χ3n) is 5.87. The van der Waals surface area contributed by atoms with Gasteiger partial charge in [-0.1, -0.05) is 0 Å². The summed E-state index contributed by atoms with van der Waals surface area (Å²) in [6, 6.07) is 6.85. The van der Waals surface area contributed by atoms with E-state index in [0.717, 1.165) is 10.7 Å². The summed E-state index contributed by atoms with van der Waals surface area (Å²) < 4.78 is 47.9. The maximum Gasteiger partial charge on any atom is 0.418 e. The second-order valence-electron chi connectivity index (χ2n) is 8.03. The number of aromatic amines is 1. The number of aromatic nitrogens is 4. The number of rotatable bonds is 4. The van der Waals surface area contributed by atoms with Gasteiger partial charge in [0.1, 0.15) is 17.0 Å². The fraction of sp³-hybridized carbons (Fsp3) is 0.261. The zero-order chi connectivity index (χ0) is 24.0. The van der Waals surface area contributed by atoms with Crippen molar-refractivity contribution >= 4 is 16.6 Å². The number of ether oxygens (including phenoxy) is 1. The van der Waals surface area contributed by atoms with Gasteiger partial charge in [-0.05, 0) is 36.8 Å². The average molecular weight is 471 g/mol. The van der Waals surface area contributed by atoms with Gasteiger partial charge in [0.05, 0.1) is 30.7 Å². The molecule has 176 valence electrons. The normalized spacial score (nSPS) is 16.4. The predicted molar refractivity (Wildman–Crippen MR) is 119 cm³/mol. The van der Waals surface area contributed by atoms with Crippen molar-refractivity contribution < 1.29 is 23.0 Å². The second kappa shape index (κ2) is 8.17. The lowest BCUT2D eigenvalue weighted by molar-refractivity contribution is -0.137. The standard InChI is InChI=1S/C23H20F3N5O3/c1-34-16-8-13(10-27-11-16)20-17-4-6-28-21(17)22(33)31(29-20)19-9-14(30-7-5-15(32)12-30)2-3-18(19)23(24,25)26/h2-4,6,8-11,15,28,32H,5,7,12H2,1H3/t15-/m0/s1. The van der Waals surface area contributed by atoms with E-state index in [1.54, 1.807) is 17.0 Å². The third-order valence-corrected chi connectivity index (χ3v) is 5.87. The lowest BCUT2D eigenvalue weighted by Crippen LogP contribution is -2.26. The minimum atomic E-state index is -4.72. The maximum atomic E-state index is 14.0. The molecule has 34 heavy (non-hydrogen) atoms. The molecule has 1 aliphatic heterocycles. The number of β-amino-alcohol motifs (C(OH)–C–C–N with tert-alkyl or cyclic N) is 1. The van der Waals surface area contributed by atoms with Crippen molar-refractivity contribution in [1.29, 1.82) is 0 Å². The fourth-order valence-electron chi connectivity index (χ4n) is 4.19. The summed E-state index contributed by atoms with van der Waals surface area (Å²) in [6.45, 7) is 0.786. The van der Waals surface area contributed by atoms with Crippen molar-refractivity contribution in [3.63, 3.8) is 0 Å². The molecule has 0 saturated carbocycles. The molecule has 0 unspecified atom stereocenters. The Kier molecular flexibility index (Phi) is 5.28. The number of H-pyrrole nitrogens is 1. The van der Waals surface area contributed by atoms with Crippen molar-refractivity contribution in [1.82, 2.24) is 19.7 Å². The highest BCUT2D eigenvalue weighted by molar-refractivity contribution is 5.92. The summed E-state index contributed by atoms with van der Waals surface area (Å²) in [5.41, 5.74) is -0.783. The number of pyridine rings is 1. The molecule has 2 N–H and O–H groups in total. The number of nitrogens with zero attached hydrogens (tertiary/aromatic N) is 4. The number of halogens is 3. The van der Waals surface area contributed by atoms with Gasteiger partial charge in [0.2, 0.25) is 0 Å². The minimum absolute atomic E-state index is 0.114. The van der Waals surface area contributed by atoms with Crippen LogP contribution in [0.1, 0.15) is 12.0 Å². The quantitative estimate of drug-likeness (QED) is 0.474. The summed E-state index contributed by atoms with van der Waals surface area (Å²) in [4.78, 5) is 22.0. The number of anilines is 1. The van der Waals surface area contributed by atoms with E-state index in [-0.39, 0.29) is 11.2 Å². The number of fused-ring (bicyclic) bond motifs is 1. The molecule has 1 fully saturated rings. The molecule has 0 aliphatic carbocycles. The molecule has 5 rings (SSSR count). The summed E-state index contributed by atoms with van der Waals surface area (Å²) >= 11 is 0. The number of benzene rings is 1. The van der Waals surface area contributed by atoms with Crippen LogP contribution >= 0.6 is 0 Å². The van der Waals surface area contributed by atoms with E-state index >= 15 is 0 Å². The first-order valence-corrected chi connectivity index (χ1v) is 10.5. The minimum Gasteiger partial charge on any atom is -0.495 e. The first-order chi connectivity index (χ1) is 16.3. The summed E-state index contributed by atoms with van der Waals surface area (Å²) in [6.07, 6.45) is -0.253. The van der Waals surface area contributed by atoms with Crippen LogP contribution in [0, 0.1) is 0 Å². The van der Waals surface area contributed by atoms with E-state index < -0.39 is 29.1 Å². The van der Waals surface area contributed by atoms with Crippen LogP contribution in [-0.4, -0.2) is 51.2 Å². The smallest absolute Gasteiger partial charge is 0.418 e. The molecular weight excluding hydrogens is 451 g/mol. The molecule has 8 nitrogen and oxygen atoms in total. The van der Waals surface area contributed by atoms with Gasteiger partial charge >= 0.3 is 6.18 Å². The average Bonchev–Trinajstić information content (AvgIpc) is 3.48. The van der Waals surface area contributed by atoms with Crippen LogP contribution in [0.4, 0.5) is 18.9 Å². The molecule has 1 saturated heterocycles. The molecule has 1 atom stereocenters. The number of aliphatic hydroxyl groups is 1. The van der Waals surface area contributed by atoms with E-state index in [1.165, 1.54) is 37.8 Å². The van der Waals surface area contributed by atoms with Gasteiger partial charge in [-0.25, -0.2) is 0 Å². The lowest BCUT2D eigenvalue weighted by atomic mass is 10.1. The van der Waals surface area contributed by atoms with Gasteiger partial charge in [0.25, 0.3) is 5.56 Å². The molecule has 1 aliphatic rings. The van der Waals surface area contributed by atoms with Gasteiger partial charge in [0.15, 0.2) is 0 Å². The highest BCUT2D eigenvalue weighted by atomic mass is 19.4. The Labute approximate surface area is 191 Å². The molecule has 0 bridgehead atoms. The molecule has 3 aromatic heterocycles. The van der Waals surface area contributed by atoms with Gasteiger partial charge in [0, 0.05) is 42.1 Å². The largest absolute Gasteiger partial charge is 0.495 e. The molecule has 0 spiro atoms. The zero-order valence-electron chi connectivity index (χ0n) is 18.0. The molecular formula is C23H20F3N5O3. The number of aliphatic hydroxyl groups excluding tert-OH is 1. The number of nitrogens with one attached hydrogen (secondary N) is 1. The van der Waals surface area contributed by atoms with Crippen LogP contribution in [0.15, 0.2) is 53.7 Å². The predicted octanol–water partition coefficient (Wildman–Crippen LogP) is 3.37. The first kappa shape index (κ1) is 22.0. The Balaban J connectivity index is 1.77. The van der Waals surface area contributed by atoms with Crippen molar-refractivity contribution in [2.45, 2.75) is 18.7 Å². The summed E-state index contributed by atoms with van der Waals surface area (Å²) in [5, 5.41) is 14.7. The molecule has 0 radical (unpaired) electrons. The van der Waals surface area contributed by atoms with Gasteiger partial charge in [-0.3, -0.25) is 9.78 Å². The second-order valence-corrected chi connectivity index (χ2v) is 8.03. The van der Waals surface area contributed by atoms with E-state index in [4.69, 9.17) is 4.74 Å². The lowest BCUT2D eigenvalue weighted by Gasteiger charge is -2.21.